The van der Waals surface area contributed by atoms with E-state index >= 15 is 28.8 Å². The molecule has 7 heterocycles. The zero-order chi connectivity index (χ0) is 92.8. The van der Waals surface area contributed by atoms with Crippen LogP contribution >= 0.6 is 23.2 Å². The number of fused-ring (bicyclic) bond motifs is 14. The smallest absolute Gasteiger partial charge is 0.335 e. The van der Waals surface area contributed by atoms with Gasteiger partial charge in [0.15, 0.2) is 29.1 Å². The molecule has 0 spiro atoms. The third-order valence-electron chi connectivity index (χ3n) is 23.3. The number of phenols is 4. The van der Waals surface area contributed by atoms with Crippen LogP contribution in [0.15, 0.2) is 115 Å². The molecule has 7 aromatic rings. The molecule has 7 aromatic carbocycles. The number of carboxylic acids is 1. The number of carbonyl (C=O) groups is 9. The Morgan fingerprint density at radius 2 is 1.10 bits per heavy atom. The standard InChI is InChI=1S/C89H102Cl2N10O28/c1-38(2)13-10-8-6-7-9-11-14-62(107)94-71-76(112)78(114)80(88(122)123)129-89(71)128-79-60-31-44-32-61(79)126-56-22-18-42(29-52(56)91)73(109)70-87(121)98-68(81(115)93-23-12-24-101(4)5)50-35-47(104)36-58(127-59-33-45(37-102)74(110)77(113)75(59)111)63(50)49-27-39(15-19-53(49)105)65(83(117)100-70)95-85(119)67(44)96-84(118)66-43-25-46(103)34-48(26-43)124-57-30-40(16-20-54(57)106)64(92-3)82(116)99-69(86(120)97-66)72(108)41-17-21-55(125-60)51(90)28-41/h15-22,25-32,34-36,38,45,59,64-78,80,89,92,102-106,108-114H,6-14,23-24,33,37H2,1-5H3,(H,93,115)(H,94,107)(H,95,119)(H,96,118)(H,97,120)(H,98,121)(H,99,116)(H,100,117)(H,122,123)/t45?,59?,64-,65-,66+,67-,68+,69-,70-,71?,72-,73-,74?,75?,76?,77?,78?,80?,89?/m1/s1. The van der Waals surface area contributed by atoms with Gasteiger partial charge in [0.1, 0.15) is 131 Å². The number of amides is 8. The summed E-state index contributed by atoms with van der Waals surface area (Å²) in [6.45, 7) is 3.83. The number of carbonyl (C=O) groups excluding carboxylic acids is 8. The first-order valence-corrected chi connectivity index (χ1v) is 42.7. The molecule has 7 aliphatic heterocycles. The fraction of sp³-hybridized carbons (Fsp3) is 0.427. The number of aliphatic carboxylic acids is 1. The van der Waals surface area contributed by atoms with Crippen molar-refractivity contribution < 1.29 is 138 Å². The van der Waals surface area contributed by atoms with Crippen LogP contribution < -0.4 is 71.5 Å². The summed E-state index contributed by atoms with van der Waals surface area (Å²) in [6, 6.07) is 3.71. The summed E-state index contributed by atoms with van der Waals surface area (Å²) in [5.74, 6) is -19.4. The summed E-state index contributed by atoms with van der Waals surface area (Å²) in [5, 5.41) is 174. The van der Waals surface area contributed by atoms with Gasteiger partial charge in [0.25, 0.3) is 0 Å². The number of carboxylic acid groups (broad SMARTS) is 1. The van der Waals surface area contributed by atoms with Crippen molar-refractivity contribution in [3.8, 4) is 80.1 Å². The van der Waals surface area contributed by atoms with Crippen LogP contribution in [0.5, 0.6) is 69.0 Å². The zero-order valence-electron chi connectivity index (χ0n) is 70.3. The molecule has 8 aliphatic rings. The van der Waals surface area contributed by atoms with Crippen molar-refractivity contribution in [3.63, 3.8) is 0 Å². The molecule has 38 nitrogen and oxygen atoms in total. The second kappa shape index (κ2) is 40.8. The highest BCUT2D eigenvalue weighted by Crippen LogP contribution is 2.51. The van der Waals surface area contributed by atoms with E-state index in [0.29, 0.717) is 31.7 Å². The molecule has 690 valence electrons. The summed E-state index contributed by atoms with van der Waals surface area (Å²) in [7, 11) is 4.91. The summed E-state index contributed by atoms with van der Waals surface area (Å²) < 4.78 is 38.8. The summed E-state index contributed by atoms with van der Waals surface area (Å²) >= 11 is 14.5. The Morgan fingerprint density at radius 3 is 1.71 bits per heavy atom. The monoisotopic (exact) mass is 1830 g/mol. The molecule has 0 radical (unpaired) electrons. The number of likely N-dealkylation sites (N-methyl/N-ethyl adjacent to an activating group) is 1. The van der Waals surface area contributed by atoms with Crippen molar-refractivity contribution in [2.45, 2.75) is 188 Å². The van der Waals surface area contributed by atoms with Crippen molar-refractivity contribution in [1.82, 2.24) is 52.8 Å². The molecule has 17 bridgehead atoms. The summed E-state index contributed by atoms with van der Waals surface area (Å²) in [5.41, 5.74) is -3.08. The van der Waals surface area contributed by atoms with E-state index in [1.165, 1.54) is 31.3 Å². The molecule has 129 heavy (non-hydrogen) atoms. The molecule has 8 amide bonds. The molecular formula is C89H102Cl2N10O28. The van der Waals surface area contributed by atoms with Crippen LogP contribution in [0, 0.1) is 11.8 Å². The molecule has 2 fully saturated rings. The predicted octanol–water partition coefficient (Wildman–Crippen LogP) is 4.32. The third-order valence-corrected chi connectivity index (χ3v) is 23.9. The topological polar surface area (TPSA) is 584 Å². The van der Waals surface area contributed by atoms with Gasteiger partial charge >= 0.3 is 5.97 Å². The van der Waals surface area contributed by atoms with Crippen LogP contribution in [0.1, 0.15) is 159 Å². The second-order valence-electron chi connectivity index (χ2n) is 33.3. The number of nitrogens with zero attached hydrogens (tertiary/aromatic N) is 1. The number of aliphatic hydroxyl groups is 8. The Bertz CT molecular complexity index is 5400. The van der Waals surface area contributed by atoms with Crippen LogP contribution in [0.4, 0.5) is 0 Å². The molecule has 22 N–H and O–H groups in total. The van der Waals surface area contributed by atoms with E-state index in [4.69, 9.17) is 51.6 Å². The second-order valence-corrected chi connectivity index (χ2v) is 34.1. The molecule has 1 saturated carbocycles. The summed E-state index contributed by atoms with van der Waals surface area (Å²) in [4.78, 5) is 140. The van der Waals surface area contributed by atoms with Gasteiger partial charge in [-0.3, -0.25) is 38.4 Å². The van der Waals surface area contributed by atoms with Gasteiger partial charge < -0.3 is 148 Å². The van der Waals surface area contributed by atoms with E-state index < -0.39 is 283 Å². The van der Waals surface area contributed by atoms with Crippen LogP contribution in [-0.4, -0.2) is 232 Å². The number of benzene rings is 7. The Balaban J connectivity index is 1.05. The number of aliphatic hydroxyl groups excluding tert-OH is 8. The minimum absolute atomic E-state index is 0.0835. The lowest BCUT2D eigenvalue weighted by atomic mass is 9.81. The van der Waals surface area contributed by atoms with E-state index in [0.717, 1.165) is 123 Å². The van der Waals surface area contributed by atoms with E-state index in [1.807, 2.05) is 4.90 Å². The number of ether oxygens (including phenoxy) is 6. The number of halogens is 2. The SMILES string of the molecule is CN[C@H]1C(=O)N[C@H]2C(=O)N[C@H](C(=O)N[C@H]3C(=O)N[C@H]4C(=O)N[C@@H](C(=O)N[C@H](C(=O)NCCCN(C)C)c5cc(O)cc(OC6CC(CO)C(O)C(O)C6O)c5-c5cc4ccc5O)[C@H](O)c4ccc(c(Cl)c4)Oc4cc3cc(c4OC3OC(C(=O)O)C(O)C(O)C3NC(=O)CCCCCCCCC(C)C)Oc3ccc(cc3Cl)[C@H]2O)c2cc(O)cc(c2)Oc2cc1ccc2O. The molecule has 19 atom stereocenters. The van der Waals surface area contributed by atoms with Gasteiger partial charge in [-0.05, 0) is 171 Å². The van der Waals surface area contributed by atoms with Gasteiger partial charge in [-0.15, -0.1) is 0 Å². The molecular weight excluding hydrogens is 1730 g/mol. The van der Waals surface area contributed by atoms with Gasteiger partial charge in [-0.1, -0.05) is 99.8 Å². The Morgan fingerprint density at radius 1 is 0.543 bits per heavy atom. The third kappa shape index (κ3) is 21.3. The maximum Gasteiger partial charge on any atom is 0.335 e. The Hall–Kier alpha value is -11.9. The lowest BCUT2D eigenvalue weighted by Crippen LogP contribution is -2.66. The van der Waals surface area contributed by atoms with Gasteiger partial charge in [0, 0.05) is 48.8 Å². The molecule has 10 unspecified atom stereocenters. The molecule has 0 aromatic heterocycles. The Labute approximate surface area is 748 Å². The van der Waals surface area contributed by atoms with Gasteiger partial charge in [-0.25, -0.2) is 4.79 Å². The number of rotatable bonds is 22. The zero-order valence-corrected chi connectivity index (χ0v) is 71.9. The number of aromatic hydroxyl groups is 4. The number of hydrogen-bond donors (Lipinski definition) is 22. The largest absolute Gasteiger partial charge is 0.508 e. The maximum atomic E-state index is 16.8. The molecule has 1 saturated heterocycles. The molecule has 1 aliphatic carbocycles. The number of phenolic OH excluding ortho intramolecular Hbond substituents is 4. The van der Waals surface area contributed by atoms with E-state index in [9.17, 15) is 80.8 Å². The predicted molar refractivity (Wildman–Crippen MR) is 457 cm³/mol. The van der Waals surface area contributed by atoms with Crippen molar-refractivity contribution in [2.24, 2.45) is 11.8 Å². The minimum Gasteiger partial charge on any atom is -0.508 e. The first kappa shape index (κ1) is 94.7. The van der Waals surface area contributed by atoms with Crippen LogP contribution in [-0.2, 0) is 47.9 Å². The van der Waals surface area contributed by atoms with Crippen molar-refractivity contribution in [2.75, 3.05) is 40.8 Å². The number of nitrogens with one attached hydrogen (secondary N) is 9. The van der Waals surface area contributed by atoms with Gasteiger partial charge in [-0.2, -0.15) is 0 Å². The number of unbranched alkanes of at least 4 members (excludes halogenated alkanes) is 5. The van der Waals surface area contributed by atoms with Crippen LogP contribution in [0.2, 0.25) is 10.0 Å². The fourth-order valence-electron chi connectivity index (χ4n) is 16.4. The highest BCUT2D eigenvalue weighted by atomic mass is 35.5. The Kier molecular flexibility index (Phi) is 30.0. The van der Waals surface area contributed by atoms with Crippen LogP contribution in [0.25, 0.3) is 11.1 Å². The van der Waals surface area contributed by atoms with Gasteiger partial charge in [0.05, 0.1) is 16.1 Å². The minimum atomic E-state index is -2.48. The first-order chi connectivity index (χ1) is 61.5. The van der Waals surface area contributed by atoms with Crippen molar-refractivity contribution >= 4 is 76.4 Å². The lowest BCUT2D eigenvalue weighted by Gasteiger charge is -2.41. The summed E-state index contributed by atoms with van der Waals surface area (Å²) in [6.07, 6.45) is -15.6. The van der Waals surface area contributed by atoms with Crippen LogP contribution in [0.3, 0.4) is 0 Å². The highest BCUT2D eigenvalue weighted by Gasteiger charge is 2.52. The van der Waals surface area contributed by atoms with E-state index in [-0.39, 0.29) is 41.2 Å². The average molecular weight is 1830 g/mol. The van der Waals surface area contributed by atoms with E-state index in [2.05, 4.69) is 61.7 Å². The normalized spacial score (nSPS) is 26.3. The molecule has 40 heteroatoms. The quantitative estimate of drug-likeness (QED) is 0.0420. The van der Waals surface area contributed by atoms with Crippen molar-refractivity contribution in [3.05, 3.63) is 164 Å². The fourth-order valence-corrected chi connectivity index (χ4v) is 16.9. The maximum absolute atomic E-state index is 16.8. The van der Waals surface area contributed by atoms with Crippen molar-refractivity contribution in [1.29, 1.82) is 0 Å². The highest BCUT2D eigenvalue weighted by molar-refractivity contribution is 6.32. The average Bonchev–Trinajstić information content (AvgIpc) is 0.759. The van der Waals surface area contributed by atoms with E-state index in [1.54, 1.807) is 14.1 Å². The van der Waals surface area contributed by atoms with Gasteiger partial charge in [0.2, 0.25) is 59.3 Å². The first-order valence-electron chi connectivity index (χ1n) is 42.0. The lowest BCUT2D eigenvalue weighted by molar-refractivity contribution is -0.241. The molecule has 15 rings (SSSR count). The number of hydrogen-bond acceptors (Lipinski definition) is 29.